The van der Waals surface area contributed by atoms with Gasteiger partial charge in [0.25, 0.3) is 0 Å². The highest BCUT2D eigenvalue weighted by Crippen LogP contribution is 2.20. The number of para-hydroxylation sites is 1. The van der Waals surface area contributed by atoms with E-state index in [2.05, 4.69) is 17.3 Å². The zero-order valence-electron chi connectivity index (χ0n) is 8.49. The molecule has 0 aliphatic heterocycles. The first-order chi connectivity index (χ1) is 7.42. The smallest absolute Gasteiger partial charge is 0.134 e. The van der Waals surface area contributed by atoms with Crippen molar-refractivity contribution >= 4 is 11.0 Å². The molecule has 76 valence electrons. The molecule has 2 heteroatoms. The van der Waals surface area contributed by atoms with Crippen molar-refractivity contribution in [3.8, 4) is 12.3 Å². The molecule has 0 aliphatic rings. The number of fused-ring (bicyclic) bond motifs is 1. The minimum absolute atomic E-state index is 0.760. The Labute approximate surface area is 89.3 Å². The van der Waals surface area contributed by atoms with E-state index in [1.165, 1.54) is 10.9 Å². The Balaban J connectivity index is 2.05. The van der Waals surface area contributed by atoms with Gasteiger partial charge in [0.05, 0.1) is 6.26 Å². The Morgan fingerprint density at radius 3 is 3.07 bits per heavy atom. The minimum atomic E-state index is 0.760. The van der Waals surface area contributed by atoms with Crippen LogP contribution in [-0.4, -0.2) is 6.54 Å². The summed E-state index contributed by atoms with van der Waals surface area (Å²) in [6.45, 7) is 1.65. The lowest BCUT2D eigenvalue weighted by Crippen LogP contribution is -2.13. The van der Waals surface area contributed by atoms with Gasteiger partial charge in [-0.3, -0.25) is 0 Å². The average molecular weight is 199 g/mol. The molecule has 1 aromatic heterocycles. The van der Waals surface area contributed by atoms with E-state index in [0.717, 1.165) is 25.1 Å². The van der Waals surface area contributed by atoms with Crippen molar-refractivity contribution in [3.05, 3.63) is 36.1 Å². The summed E-state index contributed by atoms with van der Waals surface area (Å²) in [4.78, 5) is 0. The Bertz CT molecular complexity index is 478. The predicted molar refractivity (Wildman–Crippen MR) is 61.4 cm³/mol. The fourth-order valence-corrected chi connectivity index (χ4v) is 1.55. The summed E-state index contributed by atoms with van der Waals surface area (Å²) < 4.78 is 5.43. The minimum Gasteiger partial charge on any atom is -0.464 e. The second-order valence-corrected chi connectivity index (χ2v) is 3.39. The van der Waals surface area contributed by atoms with Gasteiger partial charge in [-0.25, -0.2) is 0 Å². The first-order valence-corrected chi connectivity index (χ1v) is 5.01. The molecule has 0 saturated carbocycles. The molecular weight excluding hydrogens is 186 g/mol. The highest BCUT2D eigenvalue weighted by atomic mass is 16.3. The maximum Gasteiger partial charge on any atom is 0.134 e. The average Bonchev–Trinajstić information content (AvgIpc) is 2.68. The molecule has 1 aromatic carbocycles. The van der Waals surface area contributed by atoms with E-state index < -0.39 is 0 Å². The summed E-state index contributed by atoms with van der Waals surface area (Å²) in [5.74, 6) is 2.60. The molecule has 0 fully saturated rings. The number of hydrogen-bond acceptors (Lipinski definition) is 2. The lowest BCUT2D eigenvalue weighted by atomic mass is 10.2. The fraction of sp³-hybridized carbons (Fsp3) is 0.231. The number of hydrogen-bond donors (Lipinski definition) is 1. The van der Waals surface area contributed by atoms with Crippen LogP contribution >= 0.6 is 0 Å². The molecule has 0 radical (unpaired) electrons. The fourth-order valence-electron chi connectivity index (χ4n) is 1.55. The Hall–Kier alpha value is -1.72. The molecule has 2 aromatic rings. The van der Waals surface area contributed by atoms with Gasteiger partial charge in [-0.05, 0) is 6.07 Å². The van der Waals surface area contributed by atoms with E-state index in [9.17, 15) is 0 Å². The van der Waals surface area contributed by atoms with E-state index in [1.54, 1.807) is 6.26 Å². The summed E-state index contributed by atoms with van der Waals surface area (Å²) in [5.41, 5.74) is 2.12. The molecule has 0 saturated heterocycles. The number of nitrogens with one attached hydrogen (secondary N) is 1. The number of terminal acetylenes is 1. The summed E-state index contributed by atoms with van der Waals surface area (Å²) in [6.07, 6.45) is 7.73. The number of furan rings is 1. The molecule has 1 N–H and O–H groups in total. The monoisotopic (exact) mass is 199 g/mol. The van der Waals surface area contributed by atoms with Gasteiger partial charge < -0.3 is 9.73 Å². The third-order valence-electron chi connectivity index (χ3n) is 2.32. The third-order valence-corrected chi connectivity index (χ3v) is 2.32. The van der Waals surface area contributed by atoms with E-state index in [0.29, 0.717) is 0 Å². The van der Waals surface area contributed by atoms with Gasteiger partial charge in [0, 0.05) is 30.5 Å². The molecule has 2 rings (SSSR count). The van der Waals surface area contributed by atoms with Gasteiger partial charge in [0.2, 0.25) is 0 Å². The standard InChI is InChI=1S/C13H13NO/c1-2-3-8-14-9-11-10-15-13-7-5-4-6-12(11)13/h1,4-7,10,14H,3,8-9H2. The number of rotatable bonds is 4. The molecule has 0 unspecified atom stereocenters. The molecule has 0 amide bonds. The van der Waals surface area contributed by atoms with Crippen LogP contribution in [0.1, 0.15) is 12.0 Å². The Morgan fingerprint density at radius 2 is 2.20 bits per heavy atom. The van der Waals surface area contributed by atoms with Crippen molar-refractivity contribution < 1.29 is 4.42 Å². The van der Waals surface area contributed by atoms with Crippen LogP contribution in [-0.2, 0) is 6.54 Å². The van der Waals surface area contributed by atoms with Gasteiger partial charge in [0.1, 0.15) is 5.58 Å². The van der Waals surface area contributed by atoms with Crippen LogP contribution in [0.3, 0.4) is 0 Å². The molecule has 0 aliphatic carbocycles. The maximum atomic E-state index is 5.43. The van der Waals surface area contributed by atoms with Gasteiger partial charge in [-0.2, -0.15) is 0 Å². The molecule has 15 heavy (non-hydrogen) atoms. The summed E-state index contributed by atoms with van der Waals surface area (Å²) in [5, 5.41) is 4.45. The zero-order valence-corrected chi connectivity index (χ0v) is 8.49. The molecule has 0 bridgehead atoms. The first-order valence-electron chi connectivity index (χ1n) is 5.01. The molecule has 1 heterocycles. The molecule has 2 nitrogen and oxygen atoms in total. The van der Waals surface area contributed by atoms with Crippen molar-refractivity contribution in [2.75, 3.05) is 6.54 Å². The van der Waals surface area contributed by atoms with Crippen molar-refractivity contribution in [3.63, 3.8) is 0 Å². The van der Waals surface area contributed by atoms with Crippen molar-refractivity contribution in [2.24, 2.45) is 0 Å². The Morgan fingerprint density at radius 1 is 1.33 bits per heavy atom. The summed E-state index contributed by atoms with van der Waals surface area (Å²) in [7, 11) is 0. The Kier molecular flexibility index (Phi) is 3.06. The second kappa shape index (κ2) is 4.68. The van der Waals surface area contributed by atoms with Crippen LogP contribution in [0, 0.1) is 12.3 Å². The van der Waals surface area contributed by atoms with Crippen LogP contribution in [0.2, 0.25) is 0 Å². The largest absolute Gasteiger partial charge is 0.464 e. The van der Waals surface area contributed by atoms with Crippen LogP contribution in [0.25, 0.3) is 11.0 Å². The van der Waals surface area contributed by atoms with Gasteiger partial charge in [-0.15, -0.1) is 12.3 Å². The topological polar surface area (TPSA) is 25.2 Å². The highest BCUT2D eigenvalue weighted by molar-refractivity contribution is 5.80. The zero-order chi connectivity index (χ0) is 10.5. The van der Waals surface area contributed by atoms with Crippen molar-refractivity contribution in [1.82, 2.24) is 5.32 Å². The molecule has 0 spiro atoms. The van der Waals surface area contributed by atoms with Crippen LogP contribution in [0.4, 0.5) is 0 Å². The van der Waals surface area contributed by atoms with Gasteiger partial charge >= 0.3 is 0 Å². The van der Waals surface area contributed by atoms with Crippen LogP contribution < -0.4 is 5.32 Å². The van der Waals surface area contributed by atoms with E-state index in [-0.39, 0.29) is 0 Å². The van der Waals surface area contributed by atoms with Gasteiger partial charge in [-0.1, -0.05) is 18.2 Å². The number of benzene rings is 1. The van der Waals surface area contributed by atoms with Gasteiger partial charge in [0.15, 0.2) is 0 Å². The van der Waals surface area contributed by atoms with E-state index in [1.807, 2.05) is 18.2 Å². The quantitative estimate of drug-likeness (QED) is 0.604. The predicted octanol–water partition coefficient (Wildman–Crippen LogP) is 2.55. The lowest BCUT2D eigenvalue weighted by molar-refractivity contribution is 0.603. The third kappa shape index (κ3) is 2.20. The highest BCUT2D eigenvalue weighted by Gasteiger charge is 2.03. The molecule has 0 atom stereocenters. The normalized spacial score (nSPS) is 10.3. The van der Waals surface area contributed by atoms with E-state index >= 15 is 0 Å². The van der Waals surface area contributed by atoms with Crippen molar-refractivity contribution in [1.29, 1.82) is 0 Å². The van der Waals surface area contributed by atoms with Crippen molar-refractivity contribution in [2.45, 2.75) is 13.0 Å². The van der Waals surface area contributed by atoms with E-state index in [4.69, 9.17) is 10.8 Å². The first kappa shape index (κ1) is 9.82. The SMILES string of the molecule is C#CCCNCc1coc2ccccc12. The summed E-state index contributed by atoms with van der Waals surface area (Å²) in [6, 6.07) is 8.03. The maximum absolute atomic E-state index is 5.43. The molecular formula is C13H13NO. The lowest BCUT2D eigenvalue weighted by Gasteiger charge is -1.99. The summed E-state index contributed by atoms with van der Waals surface area (Å²) >= 11 is 0. The second-order valence-electron chi connectivity index (χ2n) is 3.39. The van der Waals surface area contributed by atoms with Crippen LogP contribution in [0.15, 0.2) is 34.9 Å². The van der Waals surface area contributed by atoms with Crippen LogP contribution in [0.5, 0.6) is 0 Å².